The molecule has 0 aliphatic carbocycles. The Hall–Kier alpha value is -5.64. The molecule has 210 valence electrons. The van der Waals surface area contributed by atoms with Crippen LogP contribution in [0.25, 0.3) is 74.4 Å². The summed E-state index contributed by atoms with van der Waals surface area (Å²) in [5, 5.41) is 12.4. The van der Waals surface area contributed by atoms with E-state index in [4.69, 9.17) is 4.42 Å². The molecular formula is C42H25NOS. The van der Waals surface area contributed by atoms with Crippen LogP contribution in [0.5, 0.6) is 0 Å². The largest absolute Gasteiger partial charge is 0.456 e. The maximum atomic E-state index is 6.36. The minimum absolute atomic E-state index is 0.888. The Morgan fingerprint density at radius 2 is 0.933 bits per heavy atom. The van der Waals surface area contributed by atoms with Crippen molar-refractivity contribution in [2.24, 2.45) is 0 Å². The van der Waals surface area contributed by atoms with Crippen molar-refractivity contribution in [2.45, 2.75) is 0 Å². The first-order valence-electron chi connectivity index (χ1n) is 15.3. The molecule has 0 aliphatic heterocycles. The second-order valence-corrected chi connectivity index (χ2v) is 12.8. The van der Waals surface area contributed by atoms with Crippen molar-refractivity contribution in [3.05, 3.63) is 152 Å². The van der Waals surface area contributed by atoms with Crippen molar-refractivity contribution < 1.29 is 4.42 Å². The molecule has 0 saturated carbocycles. The number of anilines is 3. The average molecular weight is 592 g/mol. The van der Waals surface area contributed by atoms with E-state index in [-0.39, 0.29) is 0 Å². The maximum Gasteiger partial charge on any atom is 0.137 e. The van der Waals surface area contributed by atoms with Crippen molar-refractivity contribution in [3.8, 4) is 0 Å². The number of thiophene rings is 1. The number of furan rings is 1. The molecular weight excluding hydrogens is 567 g/mol. The van der Waals surface area contributed by atoms with Gasteiger partial charge in [0, 0.05) is 54.1 Å². The summed E-state index contributed by atoms with van der Waals surface area (Å²) in [6.45, 7) is 0. The summed E-state index contributed by atoms with van der Waals surface area (Å²) < 4.78 is 8.97. The minimum atomic E-state index is 0.888. The summed E-state index contributed by atoms with van der Waals surface area (Å²) in [6.07, 6.45) is 0. The molecule has 0 aliphatic rings. The monoisotopic (exact) mass is 591 g/mol. The van der Waals surface area contributed by atoms with Crippen molar-refractivity contribution in [1.82, 2.24) is 0 Å². The lowest BCUT2D eigenvalue weighted by atomic mass is 9.96. The number of para-hydroxylation sites is 1. The first-order valence-corrected chi connectivity index (χ1v) is 16.1. The van der Waals surface area contributed by atoms with Gasteiger partial charge >= 0.3 is 0 Å². The van der Waals surface area contributed by atoms with Gasteiger partial charge in [-0.3, -0.25) is 0 Å². The minimum Gasteiger partial charge on any atom is -0.456 e. The molecule has 0 atom stereocenters. The van der Waals surface area contributed by atoms with Gasteiger partial charge in [-0.15, -0.1) is 11.3 Å². The number of rotatable bonds is 3. The van der Waals surface area contributed by atoms with E-state index in [2.05, 4.69) is 144 Å². The Morgan fingerprint density at radius 3 is 1.82 bits per heavy atom. The molecule has 0 amide bonds. The molecule has 3 heteroatoms. The molecule has 0 unspecified atom stereocenters. The maximum absolute atomic E-state index is 6.36. The third kappa shape index (κ3) is 3.75. The standard InChI is InChI=1S/C42H25NOS/c1-2-8-31-26(7-1)13-18-34-32-20-15-28(23-27(32)14-19-33(31)34)43(29-17-22-42-38(24-29)37-10-4-6-12-41(37)45-42)30-16-21-36-35-9-3-5-11-39(35)44-40(36)25-30/h1-25H. The first-order chi connectivity index (χ1) is 22.3. The van der Waals surface area contributed by atoms with E-state index in [1.165, 1.54) is 52.5 Å². The number of fused-ring (bicyclic) bond motifs is 11. The van der Waals surface area contributed by atoms with E-state index in [9.17, 15) is 0 Å². The lowest BCUT2D eigenvalue weighted by molar-refractivity contribution is 0.669. The van der Waals surface area contributed by atoms with Gasteiger partial charge in [-0.1, -0.05) is 91.0 Å². The summed E-state index contributed by atoms with van der Waals surface area (Å²) in [6, 6.07) is 55.0. The van der Waals surface area contributed by atoms with E-state index in [0.29, 0.717) is 0 Å². The molecule has 2 heterocycles. The fraction of sp³-hybridized carbons (Fsp3) is 0. The lowest BCUT2D eigenvalue weighted by Gasteiger charge is -2.26. The summed E-state index contributed by atoms with van der Waals surface area (Å²) in [5.74, 6) is 0. The quantitative estimate of drug-likeness (QED) is 0.190. The highest BCUT2D eigenvalue weighted by Crippen LogP contribution is 2.43. The molecule has 0 radical (unpaired) electrons. The summed E-state index contributed by atoms with van der Waals surface area (Å²) >= 11 is 1.85. The van der Waals surface area contributed by atoms with Gasteiger partial charge in [-0.25, -0.2) is 0 Å². The van der Waals surface area contributed by atoms with Crippen LogP contribution in [0.3, 0.4) is 0 Å². The van der Waals surface area contributed by atoms with Crippen LogP contribution >= 0.6 is 11.3 Å². The summed E-state index contributed by atoms with van der Waals surface area (Å²) in [5.41, 5.74) is 5.09. The third-order valence-electron chi connectivity index (χ3n) is 9.22. The highest BCUT2D eigenvalue weighted by molar-refractivity contribution is 7.25. The molecule has 8 aromatic carbocycles. The van der Waals surface area contributed by atoms with Gasteiger partial charge in [-0.05, 0) is 86.9 Å². The Labute approximate surface area is 263 Å². The third-order valence-corrected chi connectivity index (χ3v) is 10.4. The highest BCUT2D eigenvalue weighted by atomic mass is 32.1. The molecule has 2 nitrogen and oxygen atoms in total. The van der Waals surface area contributed by atoms with Gasteiger partial charge in [-0.2, -0.15) is 0 Å². The van der Waals surface area contributed by atoms with E-state index in [1.807, 2.05) is 23.5 Å². The Balaban J connectivity index is 1.21. The zero-order chi connectivity index (χ0) is 29.5. The van der Waals surface area contributed by atoms with Crippen LogP contribution in [-0.4, -0.2) is 0 Å². The normalized spacial score (nSPS) is 12.0. The fourth-order valence-electron chi connectivity index (χ4n) is 7.11. The van der Waals surface area contributed by atoms with Crippen LogP contribution in [-0.2, 0) is 0 Å². The number of hydrogen-bond donors (Lipinski definition) is 0. The second kappa shape index (κ2) is 9.43. The van der Waals surface area contributed by atoms with E-state index in [1.54, 1.807) is 0 Å². The number of hydrogen-bond acceptors (Lipinski definition) is 3. The zero-order valence-electron chi connectivity index (χ0n) is 24.2. The Morgan fingerprint density at radius 1 is 0.356 bits per heavy atom. The molecule has 0 bridgehead atoms. The molecule has 10 aromatic rings. The predicted octanol–water partition coefficient (Wildman–Crippen LogP) is 12.9. The molecule has 0 fully saturated rings. The summed E-state index contributed by atoms with van der Waals surface area (Å²) in [4.78, 5) is 2.36. The lowest BCUT2D eigenvalue weighted by Crippen LogP contribution is -2.09. The van der Waals surface area contributed by atoms with Gasteiger partial charge in [0.2, 0.25) is 0 Å². The van der Waals surface area contributed by atoms with Crippen LogP contribution in [0.1, 0.15) is 0 Å². The van der Waals surface area contributed by atoms with Crippen molar-refractivity contribution >= 4 is 103 Å². The van der Waals surface area contributed by atoms with E-state index < -0.39 is 0 Å². The van der Waals surface area contributed by atoms with Crippen LogP contribution < -0.4 is 4.90 Å². The zero-order valence-corrected chi connectivity index (χ0v) is 25.0. The van der Waals surface area contributed by atoms with Crippen molar-refractivity contribution in [2.75, 3.05) is 4.90 Å². The van der Waals surface area contributed by atoms with E-state index >= 15 is 0 Å². The molecule has 45 heavy (non-hydrogen) atoms. The number of nitrogens with zero attached hydrogens (tertiary/aromatic N) is 1. The van der Waals surface area contributed by atoms with Gasteiger partial charge in [0.15, 0.2) is 0 Å². The van der Waals surface area contributed by atoms with Gasteiger partial charge in [0.25, 0.3) is 0 Å². The van der Waals surface area contributed by atoms with Gasteiger partial charge in [0.1, 0.15) is 11.2 Å². The van der Waals surface area contributed by atoms with Crippen LogP contribution in [0.4, 0.5) is 17.1 Å². The number of benzene rings is 8. The molecule has 10 rings (SSSR count). The molecule has 2 aromatic heterocycles. The van der Waals surface area contributed by atoms with Crippen molar-refractivity contribution in [1.29, 1.82) is 0 Å². The van der Waals surface area contributed by atoms with Crippen LogP contribution in [0.2, 0.25) is 0 Å². The molecule has 0 spiro atoms. The SMILES string of the molecule is c1ccc2c(c1)ccc1c3ccc(N(c4ccc5c(c4)oc4ccccc45)c4ccc5sc6ccccc6c5c4)cc3ccc21. The van der Waals surface area contributed by atoms with Crippen LogP contribution in [0, 0.1) is 0 Å². The predicted molar refractivity (Wildman–Crippen MR) is 194 cm³/mol. The molecule has 0 saturated heterocycles. The van der Waals surface area contributed by atoms with Gasteiger partial charge < -0.3 is 9.32 Å². The fourth-order valence-corrected chi connectivity index (χ4v) is 8.20. The van der Waals surface area contributed by atoms with Gasteiger partial charge in [0.05, 0.1) is 0 Å². The topological polar surface area (TPSA) is 16.4 Å². The van der Waals surface area contributed by atoms with Crippen LogP contribution in [0.15, 0.2) is 156 Å². The Bertz CT molecular complexity index is 2790. The summed E-state index contributed by atoms with van der Waals surface area (Å²) in [7, 11) is 0. The Kier molecular flexibility index (Phi) is 5.19. The van der Waals surface area contributed by atoms with Crippen molar-refractivity contribution in [3.63, 3.8) is 0 Å². The first kappa shape index (κ1) is 24.8. The highest BCUT2D eigenvalue weighted by Gasteiger charge is 2.18. The second-order valence-electron chi connectivity index (χ2n) is 11.7. The smallest absolute Gasteiger partial charge is 0.137 e. The average Bonchev–Trinajstić information content (AvgIpc) is 3.66. The molecule has 0 N–H and O–H groups in total. The van der Waals surface area contributed by atoms with E-state index in [0.717, 1.165) is 39.0 Å².